The lowest BCUT2D eigenvalue weighted by Crippen LogP contribution is -2.55. The van der Waals surface area contributed by atoms with Crippen LogP contribution in [0.25, 0.3) is 0 Å². The second-order valence-electron chi connectivity index (χ2n) is 5.90. The van der Waals surface area contributed by atoms with Crippen molar-refractivity contribution < 1.29 is 19.4 Å². The molecule has 21 heavy (non-hydrogen) atoms. The largest absolute Gasteiger partial charge is 0.480 e. The summed E-state index contributed by atoms with van der Waals surface area (Å²) in [6.07, 6.45) is 0.323. The molecule has 1 fully saturated rings. The van der Waals surface area contributed by atoms with Crippen LogP contribution in [0.15, 0.2) is 24.3 Å². The Morgan fingerprint density at radius 1 is 1.43 bits per heavy atom. The third kappa shape index (κ3) is 2.02. The number of nitrogens with zero attached hydrogens (tertiary/aromatic N) is 1. The third-order valence-corrected chi connectivity index (χ3v) is 4.49. The second-order valence-corrected chi connectivity index (χ2v) is 5.90. The Morgan fingerprint density at radius 2 is 2.14 bits per heavy atom. The summed E-state index contributed by atoms with van der Waals surface area (Å²) in [6, 6.07) is 5.98. The SMILES string of the molecule is CC1(C(=O)N2c3ccccc3CC2C(=O)O)COCC1N. The second kappa shape index (κ2) is 4.82. The Bertz CT molecular complexity index is 603. The monoisotopic (exact) mass is 290 g/mol. The number of aliphatic carboxylic acids is 1. The van der Waals surface area contributed by atoms with Crippen molar-refractivity contribution in [2.75, 3.05) is 18.1 Å². The van der Waals surface area contributed by atoms with Gasteiger partial charge in [0.25, 0.3) is 0 Å². The van der Waals surface area contributed by atoms with Crippen molar-refractivity contribution in [3.8, 4) is 0 Å². The van der Waals surface area contributed by atoms with E-state index in [1.54, 1.807) is 19.1 Å². The summed E-state index contributed by atoms with van der Waals surface area (Å²) >= 11 is 0. The first kappa shape index (κ1) is 14.0. The number of ether oxygens (including phenoxy) is 1. The number of carbonyl (C=O) groups is 2. The van der Waals surface area contributed by atoms with Gasteiger partial charge in [-0.05, 0) is 18.6 Å². The molecule has 1 saturated heterocycles. The molecule has 6 nitrogen and oxygen atoms in total. The van der Waals surface area contributed by atoms with Crippen molar-refractivity contribution in [3.05, 3.63) is 29.8 Å². The van der Waals surface area contributed by atoms with E-state index < -0.39 is 23.5 Å². The van der Waals surface area contributed by atoms with Crippen molar-refractivity contribution in [1.29, 1.82) is 0 Å². The van der Waals surface area contributed by atoms with Gasteiger partial charge in [0.15, 0.2) is 0 Å². The van der Waals surface area contributed by atoms with E-state index in [1.807, 2.05) is 12.1 Å². The number of hydrogen-bond donors (Lipinski definition) is 2. The molecule has 3 rings (SSSR count). The van der Waals surface area contributed by atoms with Crippen LogP contribution in [-0.4, -0.2) is 42.3 Å². The van der Waals surface area contributed by atoms with Crippen LogP contribution in [0.4, 0.5) is 5.69 Å². The first-order valence-electron chi connectivity index (χ1n) is 6.93. The van der Waals surface area contributed by atoms with Gasteiger partial charge in [0.2, 0.25) is 5.91 Å². The van der Waals surface area contributed by atoms with E-state index >= 15 is 0 Å². The maximum absolute atomic E-state index is 13.0. The molecule has 0 aliphatic carbocycles. The molecule has 3 N–H and O–H groups in total. The van der Waals surface area contributed by atoms with Crippen molar-refractivity contribution in [2.45, 2.75) is 25.4 Å². The summed E-state index contributed by atoms with van der Waals surface area (Å²) in [5.74, 6) is -1.28. The number of benzene rings is 1. The number of para-hydroxylation sites is 1. The number of rotatable bonds is 2. The fourth-order valence-corrected chi connectivity index (χ4v) is 3.02. The molecule has 1 aromatic carbocycles. The summed E-state index contributed by atoms with van der Waals surface area (Å²) in [6.45, 7) is 2.28. The molecule has 3 atom stereocenters. The number of fused-ring (bicyclic) bond motifs is 1. The lowest BCUT2D eigenvalue weighted by Gasteiger charge is -2.33. The van der Waals surface area contributed by atoms with Crippen molar-refractivity contribution in [1.82, 2.24) is 0 Å². The predicted molar refractivity (Wildman–Crippen MR) is 76.0 cm³/mol. The normalized spacial score (nSPS) is 31.2. The molecule has 0 aromatic heterocycles. The van der Waals surface area contributed by atoms with Crippen molar-refractivity contribution in [3.63, 3.8) is 0 Å². The van der Waals surface area contributed by atoms with Gasteiger partial charge >= 0.3 is 5.97 Å². The van der Waals surface area contributed by atoms with Gasteiger partial charge in [0.1, 0.15) is 6.04 Å². The average molecular weight is 290 g/mol. The number of carboxylic acid groups (broad SMARTS) is 1. The molecule has 0 spiro atoms. The van der Waals surface area contributed by atoms with Gasteiger partial charge < -0.3 is 15.6 Å². The van der Waals surface area contributed by atoms with Crippen LogP contribution < -0.4 is 10.6 Å². The van der Waals surface area contributed by atoms with Crippen molar-refractivity contribution in [2.24, 2.45) is 11.1 Å². The zero-order valence-electron chi connectivity index (χ0n) is 11.8. The van der Waals surface area contributed by atoms with Crippen LogP contribution in [-0.2, 0) is 20.7 Å². The van der Waals surface area contributed by atoms with Crippen LogP contribution >= 0.6 is 0 Å². The highest BCUT2D eigenvalue weighted by Crippen LogP contribution is 2.38. The van der Waals surface area contributed by atoms with E-state index in [0.29, 0.717) is 18.7 Å². The molecule has 0 saturated carbocycles. The zero-order valence-corrected chi connectivity index (χ0v) is 11.8. The number of nitrogens with two attached hydrogens (primary N) is 1. The number of anilines is 1. The van der Waals surface area contributed by atoms with E-state index in [2.05, 4.69) is 0 Å². The molecule has 1 aromatic rings. The Morgan fingerprint density at radius 3 is 2.76 bits per heavy atom. The topological polar surface area (TPSA) is 92.9 Å². The minimum atomic E-state index is -1.00. The Balaban J connectivity index is 2.02. The van der Waals surface area contributed by atoms with E-state index in [4.69, 9.17) is 10.5 Å². The molecular weight excluding hydrogens is 272 g/mol. The van der Waals surface area contributed by atoms with Gasteiger partial charge in [-0.1, -0.05) is 18.2 Å². The quantitative estimate of drug-likeness (QED) is 0.822. The number of carboxylic acids is 1. The van der Waals surface area contributed by atoms with Gasteiger partial charge in [-0.25, -0.2) is 4.79 Å². The summed E-state index contributed by atoms with van der Waals surface area (Å²) in [4.78, 5) is 25.9. The number of carbonyl (C=O) groups excluding carboxylic acids is 1. The maximum atomic E-state index is 13.0. The van der Waals surface area contributed by atoms with Crippen LogP contribution in [0.3, 0.4) is 0 Å². The van der Waals surface area contributed by atoms with Gasteiger partial charge in [-0.2, -0.15) is 0 Å². The fourth-order valence-electron chi connectivity index (χ4n) is 3.02. The highest BCUT2D eigenvalue weighted by Gasteiger charge is 2.50. The zero-order chi connectivity index (χ0) is 15.2. The van der Waals surface area contributed by atoms with Gasteiger partial charge in [-0.3, -0.25) is 9.69 Å². The molecule has 3 unspecified atom stereocenters. The van der Waals surface area contributed by atoms with E-state index in [1.165, 1.54) is 4.90 Å². The Labute approximate surface area is 122 Å². The van der Waals surface area contributed by atoms with Crippen LogP contribution in [0, 0.1) is 5.41 Å². The minimum absolute atomic E-state index is 0.220. The first-order chi connectivity index (χ1) is 9.95. The van der Waals surface area contributed by atoms with Gasteiger partial charge in [0, 0.05) is 18.2 Å². The molecule has 0 bridgehead atoms. The maximum Gasteiger partial charge on any atom is 0.327 e. The molecule has 6 heteroatoms. The standard InChI is InChI=1S/C15H18N2O4/c1-15(8-21-7-12(15)16)14(20)17-10-5-3-2-4-9(10)6-11(17)13(18)19/h2-5,11-12H,6-8,16H2,1H3,(H,18,19). The van der Waals surface area contributed by atoms with Crippen LogP contribution in [0.1, 0.15) is 12.5 Å². The Hall–Kier alpha value is -1.92. The highest BCUT2D eigenvalue weighted by atomic mass is 16.5. The summed E-state index contributed by atoms with van der Waals surface area (Å²) < 4.78 is 5.32. The number of amides is 1. The Kier molecular flexibility index (Phi) is 3.22. The van der Waals surface area contributed by atoms with Crippen LogP contribution in [0.5, 0.6) is 0 Å². The molecular formula is C15H18N2O4. The highest BCUT2D eigenvalue weighted by molar-refractivity contribution is 6.05. The smallest absolute Gasteiger partial charge is 0.327 e. The lowest BCUT2D eigenvalue weighted by atomic mass is 9.84. The van der Waals surface area contributed by atoms with E-state index in [0.717, 1.165) is 5.56 Å². The summed E-state index contributed by atoms with van der Waals surface area (Å²) in [5.41, 5.74) is 6.65. The fraction of sp³-hybridized carbons (Fsp3) is 0.467. The third-order valence-electron chi connectivity index (χ3n) is 4.49. The molecule has 112 valence electrons. The van der Waals surface area contributed by atoms with Gasteiger partial charge in [0.05, 0.1) is 18.6 Å². The molecule has 0 radical (unpaired) electrons. The average Bonchev–Trinajstić information content (AvgIpc) is 3.00. The van der Waals surface area contributed by atoms with Gasteiger partial charge in [-0.15, -0.1) is 0 Å². The first-order valence-corrected chi connectivity index (χ1v) is 6.93. The molecule has 1 amide bonds. The van der Waals surface area contributed by atoms with Crippen molar-refractivity contribution >= 4 is 17.6 Å². The summed E-state index contributed by atoms with van der Waals surface area (Å²) in [5, 5.41) is 9.44. The lowest BCUT2D eigenvalue weighted by molar-refractivity contribution is -0.141. The minimum Gasteiger partial charge on any atom is -0.480 e. The van der Waals surface area contributed by atoms with Crippen LogP contribution in [0.2, 0.25) is 0 Å². The summed E-state index contributed by atoms with van der Waals surface area (Å²) in [7, 11) is 0. The van der Waals surface area contributed by atoms with E-state index in [-0.39, 0.29) is 12.5 Å². The molecule has 2 heterocycles. The number of hydrogen-bond acceptors (Lipinski definition) is 4. The van der Waals surface area contributed by atoms with E-state index in [9.17, 15) is 14.7 Å². The molecule has 2 aliphatic heterocycles. The predicted octanol–water partition coefficient (Wildman–Crippen LogP) is 0.393. The molecule has 2 aliphatic rings.